The van der Waals surface area contributed by atoms with E-state index < -0.39 is 89.7 Å². The predicted molar refractivity (Wildman–Crippen MR) is 254 cm³/mol. The number of fused-ring (bicyclic) bond motifs is 5. The van der Waals surface area contributed by atoms with Crippen molar-refractivity contribution in [2.45, 2.75) is 204 Å². The Labute approximate surface area is 402 Å². The summed E-state index contributed by atoms with van der Waals surface area (Å²) in [5, 5.41) is 15.0. The Morgan fingerprint density at radius 1 is 0.941 bits per heavy atom. The van der Waals surface area contributed by atoms with Crippen molar-refractivity contribution < 1.29 is 52.8 Å². The highest BCUT2D eigenvalue weighted by Gasteiger charge is 2.76. The van der Waals surface area contributed by atoms with Crippen LogP contribution < -0.4 is 5.32 Å². The molecule has 2 aromatic carbocycles. The Kier molecular flexibility index (Phi) is 15.8. The molecular weight excluding hydrogens is 867 g/mol. The van der Waals surface area contributed by atoms with E-state index in [1.165, 1.54) is 4.90 Å². The summed E-state index contributed by atoms with van der Waals surface area (Å²) < 4.78 is 31.8. The first-order valence-corrected chi connectivity index (χ1v) is 25.5. The van der Waals surface area contributed by atoms with Crippen molar-refractivity contribution in [1.82, 2.24) is 15.3 Å². The fourth-order valence-electron chi connectivity index (χ4n) is 11.4. The van der Waals surface area contributed by atoms with Gasteiger partial charge in [0.05, 0.1) is 31.4 Å². The third-order valence-electron chi connectivity index (χ3n) is 14.9. The summed E-state index contributed by atoms with van der Waals surface area (Å²) in [7, 11) is 1.60. The highest BCUT2D eigenvalue weighted by molar-refractivity contribution is 5.96. The maximum atomic E-state index is 16.0. The van der Waals surface area contributed by atoms with E-state index in [0.717, 1.165) is 74.5 Å². The van der Waals surface area contributed by atoms with Crippen LogP contribution in [0, 0.1) is 11.3 Å². The molecule has 4 heterocycles. The molecule has 0 spiro atoms. The number of ether oxygens (including phenoxy) is 5. The first-order valence-electron chi connectivity index (χ1n) is 25.5. The van der Waals surface area contributed by atoms with Gasteiger partial charge in [0.1, 0.15) is 41.5 Å². The molecule has 0 radical (unpaired) electrons. The molecule has 6 aliphatic rings. The lowest BCUT2D eigenvalue weighted by Gasteiger charge is -2.50. The number of rotatable bonds is 22. The molecular formula is C54H75N3O11. The summed E-state index contributed by atoms with van der Waals surface area (Å²) in [5.41, 5.74) is 0.513. The second-order valence-electron chi connectivity index (χ2n) is 21.2. The van der Waals surface area contributed by atoms with Gasteiger partial charge in [-0.05, 0) is 81.9 Å². The van der Waals surface area contributed by atoms with E-state index in [2.05, 4.69) is 43.4 Å². The molecule has 4 aliphatic heterocycles. The number of aliphatic hydroxyl groups is 1. The molecule has 4 saturated heterocycles. The highest BCUT2D eigenvalue weighted by atomic mass is 16.8. The van der Waals surface area contributed by atoms with Crippen LogP contribution in [0.5, 0.6) is 0 Å². The minimum atomic E-state index is -1.52. The number of hydrogen-bond acceptors (Lipinski definition) is 12. The zero-order chi connectivity index (χ0) is 48.2. The molecule has 372 valence electrons. The average Bonchev–Trinajstić information content (AvgIpc) is 3.86. The van der Waals surface area contributed by atoms with Gasteiger partial charge in [0.2, 0.25) is 11.8 Å². The second kappa shape index (κ2) is 21.4. The van der Waals surface area contributed by atoms with E-state index in [9.17, 15) is 19.5 Å². The van der Waals surface area contributed by atoms with Crippen LogP contribution in [0.3, 0.4) is 0 Å². The Balaban J connectivity index is 1.11. The van der Waals surface area contributed by atoms with E-state index in [0.29, 0.717) is 31.0 Å². The molecule has 2 amide bonds. The largest absolute Gasteiger partial charge is 0.460 e. The normalized spacial score (nSPS) is 30.0. The standard InChI is InChI=1S/C54H75N3O11/c1-7-9-14-27-53(28-15-10-8-2)66-45-43-32-54(51(62)56(6)40(30-35-17-12-11-13-18-35)49(60)55-39(34-58)24-26-44(59)65-52(3,4)5)47(50(61)64-43)57(68-48(54)46(45)67-53)33-38-20-16-19-36(29-38)21-22-37-23-25-41-42(31-37)63-41/h11-13,16-22,29,37,39-43,45-48,58H,7-10,14-15,23-28,30-34H2,1-6H3,(H,55,60)/t37?,39-,40+,41?,42?,43+,45-,46-,47+,48+,54+/m0/s1. The Hall–Kier alpha value is -4.18. The summed E-state index contributed by atoms with van der Waals surface area (Å²) in [6.07, 6.45) is 12.9. The van der Waals surface area contributed by atoms with Gasteiger partial charge in [-0.2, -0.15) is 5.06 Å². The Morgan fingerprint density at radius 2 is 1.66 bits per heavy atom. The monoisotopic (exact) mass is 942 g/mol. The molecule has 2 aromatic rings. The van der Waals surface area contributed by atoms with Crippen molar-refractivity contribution in [3.63, 3.8) is 0 Å². The number of epoxide rings is 1. The number of hydrogen-bond donors (Lipinski definition) is 2. The van der Waals surface area contributed by atoms with E-state index >= 15 is 4.79 Å². The van der Waals surface area contributed by atoms with Crippen LogP contribution in [0.1, 0.15) is 141 Å². The molecule has 14 nitrogen and oxygen atoms in total. The minimum absolute atomic E-state index is 0.0248. The Morgan fingerprint density at radius 3 is 2.35 bits per heavy atom. The molecule has 2 N–H and O–H groups in total. The van der Waals surface area contributed by atoms with Crippen LogP contribution in [-0.4, -0.2) is 119 Å². The first kappa shape index (κ1) is 50.2. The lowest BCUT2D eigenvalue weighted by atomic mass is 9.62. The van der Waals surface area contributed by atoms with E-state index in [1.807, 2.05) is 42.5 Å². The van der Waals surface area contributed by atoms with Gasteiger partial charge in [0.15, 0.2) is 11.8 Å². The van der Waals surface area contributed by atoms with Gasteiger partial charge in [-0.1, -0.05) is 106 Å². The molecule has 3 unspecified atom stereocenters. The molecule has 2 bridgehead atoms. The number of aliphatic hydroxyl groups excluding tert-OH is 1. The quantitative estimate of drug-likeness (QED) is 0.0685. The number of likely N-dealkylation sites (N-methyl/N-ethyl adjacent to an activating group) is 1. The van der Waals surface area contributed by atoms with E-state index in [-0.39, 0.29) is 32.2 Å². The number of hydroxylamine groups is 2. The zero-order valence-corrected chi connectivity index (χ0v) is 41.1. The lowest BCUT2D eigenvalue weighted by Crippen LogP contribution is -2.70. The van der Waals surface area contributed by atoms with Gasteiger partial charge in [-0.3, -0.25) is 24.0 Å². The third kappa shape index (κ3) is 11.2. The lowest BCUT2D eigenvalue weighted by molar-refractivity contribution is -0.225. The summed E-state index contributed by atoms with van der Waals surface area (Å²) >= 11 is 0. The van der Waals surface area contributed by atoms with Crippen molar-refractivity contribution in [3.8, 4) is 0 Å². The molecule has 2 aliphatic carbocycles. The fraction of sp³-hybridized carbons (Fsp3) is 0.667. The SMILES string of the molecule is CCCCCC1(CCCCC)O[C@@H]2[C@H](O1)[C@H]1ON(Cc3cccc(C=CC4CCC5OC5C4)c3)[C@@H]3C(=O)O[C@@H]2C[C@]13C(=O)N(C)[C@H](Cc1ccccc1)C(=O)N[C@H](CO)CCC(=O)OC(C)(C)C. The van der Waals surface area contributed by atoms with Gasteiger partial charge >= 0.3 is 11.9 Å². The number of nitrogens with one attached hydrogen (secondary N) is 1. The second-order valence-corrected chi connectivity index (χ2v) is 21.2. The number of esters is 2. The average molecular weight is 942 g/mol. The van der Waals surface area contributed by atoms with Gasteiger partial charge in [0.25, 0.3) is 0 Å². The summed E-state index contributed by atoms with van der Waals surface area (Å²) in [6.45, 7) is 9.42. The molecule has 14 heteroatoms. The number of carbonyl (C=O) groups excluding carboxylic acids is 4. The molecule has 11 atom stereocenters. The molecule has 8 rings (SSSR count). The predicted octanol–water partition coefficient (Wildman–Crippen LogP) is 7.38. The Bertz CT molecular complexity index is 2100. The van der Waals surface area contributed by atoms with Crippen LogP contribution in [0.2, 0.25) is 0 Å². The summed E-state index contributed by atoms with van der Waals surface area (Å²) in [6, 6.07) is 14.5. The van der Waals surface area contributed by atoms with Crippen molar-refractivity contribution in [3.05, 3.63) is 77.4 Å². The highest BCUT2D eigenvalue weighted by Crippen LogP contribution is 2.58. The molecule has 0 aromatic heterocycles. The topological polar surface area (TPSA) is 166 Å². The van der Waals surface area contributed by atoms with Crippen LogP contribution in [0.4, 0.5) is 0 Å². The van der Waals surface area contributed by atoms with Gasteiger partial charge < -0.3 is 39.0 Å². The smallest absolute Gasteiger partial charge is 0.327 e. The number of amides is 2. The van der Waals surface area contributed by atoms with Gasteiger partial charge in [0, 0.05) is 39.2 Å². The minimum Gasteiger partial charge on any atom is -0.460 e. The van der Waals surface area contributed by atoms with Crippen molar-refractivity contribution in [2.24, 2.45) is 11.3 Å². The fourth-order valence-corrected chi connectivity index (χ4v) is 11.4. The van der Waals surface area contributed by atoms with Gasteiger partial charge in [-0.15, -0.1) is 0 Å². The molecule has 6 fully saturated rings. The van der Waals surface area contributed by atoms with Crippen molar-refractivity contribution >= 4 is 29.8 Å². The molecule has 2 saturated carbocycles. The van der Waals surface area contributed by atoms with Crippen molar-refractivity contribution in [1.29, 1.82) is 0 Å². The van der Waals surface area contributed by atoms with Gasteiger partial charge in [-0.25, -0.2) is 0 Å². The molecule has 68 heavy (non-hydrogen) atoms. The number of carbonyl (C=O) groups is 4. The van der Waals surface area contributed by atoms with Crippen LogP contribution in [0.15, 0.2) is 60.7 Å². The van der Waals surface area contributed by atoms with E-state index in [4.69, 9.17) is 28.5 Å². The van der Waals surface area contributed by atoms with Crippen LogP contribution in [0.25, 0.3) is 6.08 Å². The maximum absolute atomic E-state index is 16.0. The van der Waals surface area contributed by atoms with Crippen molar-refractivity contribution in [2.75, 3.05) is 13.7 Å². The van der Waals surface area contributed by atoms with Crippen LogP contribution in [-0.2, 0) is 60.7 Å². The van der Waals surface area contributed by atoms with Crippen LogP contribution >= 0.6 is 0 Å². The zero-order valence-electron chi connectivity index (χ0n) is 41.1. The summed E-state index contributed by atoms with van der Waals surface area (Å²) in [5.74, 6) is -2.46. The number of nitrogens with zero attached hydrogens (tertiary/aromatic N) is 2. The number of allylic oxidation sites excluding steroid dienone is 1. The van der Waals surface area contributed by atoms with E-state index in [1.54, 1.807) is 32.9 Å². The number of benzene rings is 2. The maximum Gasteiger partial charge on any atom is 0.327 e. The number of unbranched alkanes of at least 4 members (excludes halogenated alkanes) is 4. The summed E-state index contributed by atoms with van der Waals surface area (Å²) in [4.78, 5) is 66.5. The first-order chi connectivity index (χ1) is 32.7. The third-order valence-corrected chi connectivity index (χ3v) is 14.9.